The minimum atomic E-state index is -1.03. The maximum absolute atomic E-state index is 11.6. The number of ether oxygens (including phenoxy) is 5. The minimum absolute atomic E-state index is 0.200. The van der Waals surface area contributed by atoms with Crippen molar-refractivity contribution >= 4 is 5.97 Å². The molecule has 0 bridgehead atoms. The van der Waals surface area contributed by atoms with Gasteiger partial charge in [-0.15, -0.1) is 0 Å². The average Bonchev–Trinajstić information content (AvgIpc) is 3.06. The molecule has 2 N–H and O–H groups in total. The number of aliphatic hydroxyl groups is 2. The molecule has 3 saturated heterocycles. The van der Waals surface area contributed by atoms with Gasteiger partial charge in [0.25, 0.3) is 0 Å². The van der Waals surface area contributed by atoms with Crippen molar-refractivity contribution in [2.24, 2.45) is 0 Å². The topological polar surface area (TPSA) is 104 Å². The quantitative estimate of drug-likeness (QED) is 0.680. The molecule has 1 saturated carbocycles. The number of hydrogen-bond acceptors (Lipinski definition) is 8. The molecule has 1 aliphatic carbocycles. The van der Waals surface area contributed by atoms with Crippen LogP contribution in [0.2, 0.25) is 0 Å². The van der Waals surface area contributed by atoms with Gasteiger partial charge in [-0.2, -0.15) is 0 Å². The summed E-state index contributed by atoms with van der Waals surface area (Å²) >= 11 is 0. The lowest BCUT2D eigenvalue weighted by Crippen LogP contribution is -2.62. The van der Waals surface area contributed by atoms with Crippen LogP contribution < -0.4 is 0 Å². The zero-order valence-electron chi connectivity index (χ0n) is 15.7. The Balaban J connectivity index is 1.54. The monoisotopic (exact) mass is 386 g/mol. The molecule has 4 rings (SSSR count). The van der Waals surface area contributed by atoms with Gasteiger partial charge in [-0.3, -0.25) is 4.79 Å². The van der Waals surface area contributed by atoms with Gasteiger partial charge < -0.3 is 33.9 Å². The van der Waals surface area contributed by atoms with Crippen LogP contribution in [-0.4, -0.2) is 78.4 Å². The van der Waals surface area contributed by atoms with E-state index in [1.807, 2.05) is 0 Å². The van der Waals surface area contributed by atoms with Crippen LogP contribution in [0.3, 0.4) is 0 Å². The lowest BCUT2D eigenvalue weighted by atomic mass is 9.87. The third kappa shape index (κ3) is 3.75. The summed E-state index contributed by atoms with van der Waals surface area (Å²) in [5.41, 5.74) is 0. The van der Waals surface area contributed by atoms with Crippen molar-refractivity contribution in [2.45, 2.75) is 99.9 Å². The van der Waals surface area contributed by atoms with Crippen LogP contribution in [0.5, 0.6) is 0 Å². The van der Waals surface area contributed by atoms with Crippen molar-refractivity contribution in [3.8, 4) is 0 Å². The van der Waals surface area contributed by atoms with Crippen LogP contribution in [0.4, 0.5) is 0 Å². The van der Waals surface area contributed by atoms with Crippen molar-refractivity contribution in [1.29, 1.82) is 0 Å². The molecule has 8 heteroatoms. The highest BCUT2D eigenvalue weighted by atomic mass is 16.8. The Hall–Kier alpha value is -0.770. The Bertz CT molecular complexity index is 534. The maximum Gasteiger partial charge on any atom is 0.308 e. The molecule has 3 unspecified atom stereocenters. The van der Waals surface area contributed by atoms with Crippen LogP contribution in [-0.2, 0) is 28.5 Å². The van der Waals surface area contributed by atoms with E-state index in [-0.39, 0.29) is 36.8 Å². The molecule has 0 aromatic carbocycles. The molecule has 27 heavy (non-hydrogen) atoms. The molecule has 1 spiro atoms. The van der Waals surface area contributed by atoms with E-state index in [0.29, 0.717) is 12.8 Å². The van der Waals surface area contributed by atoms with E-state index in [0.717, 1.165) is 32.1 Å². The van der Waals surface area contributed by atoms with Crippen LogP contribution in [0, 0.1) is 0 Å². The van der Waals surface area contributed by atoms with Gasteiger partial charge in [-0.05, 0) is 25.7 Å². The van der Waals surface area contributed by atoms with Crippen molar-refractivity contribution in [1.82, 2.24) is 0 Å². The molecule has 0 aromatic rings. The Labute approximate surface area is 159 Å². The smallest absolute Gasteiger partial charge is 0.308 e. The van der Waals surface area contributed by atoms with E-state index >= 15 is 0 Å². The lowest BCUT2D eigenvalue weighted by molar-refractivity contribution is -0.256. The van der Waals surface area contributed by atoms with Gasteiger partial charge in [0, 0.05) is 12.8 Å². The van der Waals surface area contributed by atoms with Gasteiger partial charge in [0.15, 0.2) is 5.79 Å². The number of esters is 1. The lowest BCUT2D eigenvalue weighted by Gasteiger charge is -2.47. The van der Waals surface area contributed by atoms with Crippen molar-refractivity contribution in [3.05, 3.63) is 0 Å². The van der Waals surface area contributed by atoms with Gasteiger partial charge in [0.05, 0.1) is 32.3 Å². The van der Waals surface area contributed by atoms with E-state index < -0.39 is 30.7 Å². The van der Waals surface area contributed by atoms with Crippen molar-refractivity contribution in [3.63, 3.8) is 0 Å². The molecule has 154 valence electrons. The first kappa shape index (κ1) is 19.5. The summed E-state index contributed by atoms with van der Waals surface area (Å²) < 4.78 is 29.8. The molecule has 7 atom stereocenters. The first-order valence-electron chi connectivity index (χ1n) is 10.1. The van der Waals surface area contributed by atoms with Gasteiger partial charge in [0.2, 0.25) is 0 Å². The fourth-order valence-electron chi connectivity index (χ4n) is 4.93. The number of aliphatic hydroxyl groups excluding tert-OH is 2. The summed E-state index contributed by atoms with van der Waals surface area (Å²) in [4.78, 5) is 11.6. The minimum Gasteiger partial charge on any atom is -0.469 e. The van der Waals surface area contributed by atoms with Gasteiger partial charge in [-0.25, -0.2) is 0 Å². The normalized spacial score (nSPS) is 41.6. The standard InChI is InChI=1S/C19H30O8/c1-23-14(22)9-11-5-6-13-16(24-11)18-17(15(25-13)12(21)10-20)26-19(27-18)7-3-2-4-8-19/h11-13,15-18,20-21H,2-10H2,1H3/t11?,12-,13+,15+,16+,17?,18?/m1/s1. The molecule has 8 nitrogen and oxygen atoms in total. The summed E-state index contributed by atoms with van der Waals surface area (Å²) in [6.45, 7) is -0.395. The number of fused-ring (bicyclic) bond motifs is 3. The number of carbonyl (C=O) groups is 1. The summed E-state index contributed by atoms with van der Waals surface area (Å²) in [5.74, 6) is -0.953. The summed E-state index contributed by atoms with van der Waals surface area (Å²) in [5, 5.41) is 19.8. The molecule has 3 aliphatic heterocycles. The van der Waals surface area contributed by atoms with Gasteiger partial charge >= 0.3 is 5.97 Å². The van der Waals surface area contributed by atoms with Crippen LogP contribution >= 0.6 is 0 Å². The second-order valence-electron chi connectivity index (χ2n) is 8.11. The predicted molar refractivity (Wildman–Crippen MR) is 91.8 cm³/mol. The highest BCUT2D eigenvalue weighted by molar-refractivity contribution is 5.69. The fraction of sp³-hybridized carbons (Fsp3) is 0.947. The molecule has 4 fully saturated rings. The molecular weight excluding hydrogens is 356 g/mol. The Morgan fingerprint density at radius 3 is 2.56 bits per heavy atom. The molecule has 4 aliphatic rings. The second-order valence-corrected chi connectivity index (χ2v) is 8.11. The van der Waals surface area contributed by atoms with Gasteiger partial charge in [0.1, 0.15) is 30.5 Å². The third-order valence-electron chi connectivity index (χ3n) is 6.30. The first-order valence-corrected chi connectivity index (χ1v) is 10.1. The number of rotatable bonds is 4. The van der Waals surface area contributed by atoms with E-state index in [4.69, 9.17) is 23.7 Å². The molecule has 0 radical (unpaired) electrons. The number of carbonyl (C=O) groups excluding carboxylic acids is 1. The highest BCUT2D eigenvalue weighted by Crippen LogP contribution is 2.47. The summed E-state index contributed by atoms with van der Waals surface area (Å²) in [6.07, 6.45) is 3.00. The molecule has 0 amide bonds. The second kappa shape index (κ2) is 7.93. The molecule has 0 aromatic heterocycles. The van der Waals surface area contributed by atoms with Gasteiger partial charge in [-0.1, -0.05) is 6.42 Å². The average molecular weight is 386 g/mol. The molecular formula is C19H30O8. The van der Waals surface area contributed by atoms with Crippen molar-refractivity contribution < 1.29 is 38.7 Å². The zero-order valence-corrected chi connectivity index (χ0v) is 15.7. The Morgan fingerprint density at radius 2 is 1.85 bits per heavy atom. The highest BCUT2D eigenvalue weighted by Gasteiger charge is 2.60. The first-order chi connectivity index (χ1) is 13.0. The number of hydrogen-bond donors (Lipinski definition) is 2. The summed E-state index contributed by atoms with van der Waals surface area (Å²) in [6, 6.07) is 0. The van der Waals surface area contributed by atoms with E-state index in [1.54, 1.807) is 0 Å². The third-order valence-corrected chi connectivity index (χ3v) is 6.30. The predicted octanol–water partition coefficient (Wildman–Crippen LogP) is 0.662. The largest absolute Gasteiger partial charge is 0.469 e. The SMILES string of the molecule is COC(=O)CC1CC[C@@H]2O[C@@H]([C@H](O)CO)C3OC4(CCCCC4)OC3[C@H]2O1. The fourth-order valence-corrected chi connectivity index (χ4v) is 4.93. The Kier molecular flexibility index (Phi) is 5.74. The van der Waals surface area contributed by atoms with Crippen LogP contribution in [0.15, 0.2) is 0 Å². The van der Waals surface area contributed by atoms with E-state index in [2.05, 4.69) is 0 Å². The van der Waals surface area contributed by atoms with E-state index in [9.17, 15) is 15.0 Å². The summed E-state index contributed by atoms with van der Waals surface area (Å²) in [7, 11) is 1.37. The number of methoxy groups -OCH3 is 1. The Morgan fingerprint density at radius 1 is 1.11 bits per heavy atom. The van der Waals surface area contributed by atoms with Crippen molar-refractivity contribution in [2.75, 3.05) is 13.7 Å². The zero-order chi connectivity index (χ0) is 19.0. The van der Waals surface area contributed by atoms with Crippen LogP contribution in [0.25, 0.3) is 0 Å². The molecule has 3 heterocycles. The van der Waals surface area contributed by atoms with E-state index in [1.165, 1.54) is 7.11 Å². The maximum atomic E-state index is 11.6. The van der Waals surface area contributed by atoms with Crippen LogP contribution in [0.1, 0.15) is 51.4 Å².